The van der Waals surface area contributed by atoms with Crippen molar-refractivity contribution in [3.63, 3.8) is 0 Å². The molecular formula is C19H21ClN2OS2. The molecule has 3 nitrogen and oxygen atoms in total. The molecule has 2 aromatic heterocycles. The average molecular weight is 393 g/mol. The number of benzene rings is 1. The fourth-order valence-corrected chi connectivity index (χ4v) is 4.81. The minimum absolute atomic E-state index is 0.0521. The van der Waals surface area contributed by atoms with Crippen LogP contribution in [0.2, 0.25) is 5.02 Å². The molecule has 0 aliphatic rings. The van der Waals surface area contributed by atoms with Crippen LogP contribution in [-0.2, 0) is 11.8 Å². The summed E-state index contributed by atoms with van der Waals surface area (Å²) in [4.78, 5) is 4.63. The van der Waals surface area contributed by atoms with Crippen LogP contribution in [-0.4, -0.2) is 16.3 Å². The summed E-state index contributed by atoms with van der Waals surface area (Å²) in [6.07, 6.45) is 2.58. The number of nitrogens with one attached hydrogen (secondary N) is 1. The molecule has 2 N–H and O–H groups in total. The molecule has 0 aliphatic carbocycles. The van der Waals surface area contributed by atoms with E-state index in [9.17, 15) is 5.11 Å². The summed E-state index contributed by atoms with van der Waals surface area (Å²) in [7, 11) is 0. The Balaban J connectivity index is 1.70. The minimum atomic E-state index is -0.696. The third kappa shape index (κ3) is 4.23. The van der Waals surface area contributed by atoms with Crippen molar-refractivity contribution in [3.05, 3.63) is 57.9 Å². The molecule has 1 unspecified atom stereocenters. The van der Waals surface area contributed by atoms with E-state index < -0.39 is 6.23 Å². The Bertz CT molecular complexity index is 885. The first kappa shape index (κ1) is 18.4. The molecule has 2 heterocycles. The lowest BCUT2D eigenvalue weighted by molar-refractivity contribution is 0.204. The van der Waals surface area contributed by atoms with Crippen molar-refractivity contribution >= 4 is 49.5 Å². The molecule has 0 aliphatic heterocycles. The molecule has 3 aromatic rings. The van der Waals surface area contributed by atoms with Gasteiger partial charge in [0.15, 0.2) is 5.13 Å². The fraction of sp³-hybridized carbons (Fsp3) is 0.316. The second-order valence-electron chi connectivity index (χ2n) is 6.68. The number of thiophene rings is 1. The van der Waals surface area contributed by atoms with Gasteiger partial charge in [0.1, 0.15) is 6.23 Å². The van der Waals surface area contributed by atoms with Gasteiger partial charge in [-0.3, -0.25) is 0 Å². The summed E-state index contributed by atoms with van der Waals surface area (Å²) in [5.74, 6) is 0. The molecule has 3 rings (SSSR count). The first-order chi connectivity index (χ1) is 11.9. The number of aliphatic hydroxyl groups is 1. The standard InChI is InChI=1S/C19H21ClN2OS2/c1-4-7-19(2,3)16-11-25-18(21-16)22-17(23)8-12-10-24-15-6-5-13(20)9-14(12)15/h4-6,9-11,17,23H,1,7-8H2,2-3H3,(H,21,22). The summed E-state index contributed by atoms with van der Waals surface area (Å²) < 4.78 is 1.18. The van der Waals surface area contributed by atoms with Gasteiger partial charge in [-0.15, -0.1) is 29.3 Å². The quantitative estimate of drug-likeness (QED) is 0.392. The highest BCUT2D eigenvalue weighted by Gasteiger charge is 2.22. The van der Waals surface area contributed by atoms with Gasteiger partial charge < -0.3 is 10.4 Å². The van der Waals surface area contributed by atoms with Gasteiger partial charge in [0, 0.05) is 26.9 Å². The summed E-state index contributed by atoms with van der Waals surface area (Å²) in [5, 5.41) is 20.2. The number of hydrogen-bond acceptors (Lipinski definition) is 5. The van der Waals surface area contributed by atoms with Crippen molar-refractivity contribution in [2.45, 2.75) is 38.3 Å². The molecular weight excluding hydrogens is 372 g/mol. The number of anilines is 1. The maximum absolute atomic E-state index is 10.4. The van der Waals surface area contributed by atoms with Crippen LogP contribution in [0, 0.1) is 0 Å². The SMILES string of the molecule is C=CCC(C)(C)c1csc(NC(O)Cc2csc3ccc(Cl)cc23)n1. The molecule has 6 heteroatoms. The van der Waals surface area contributed by atoms with Crippen LogP contribution in [0.25, 0.3) is 10.1 Å². The number of hydrogen-bond donors (Lipinski definition) is 2. The number of aromatic nitrogens is 1. The molecule has 1 atom stereocenters. The van der Waals surface area contributed by atoms with E-state index in [2.05, 4.69) is 36.1 Å². The lowest BCUT2D eigenvalue weighted by atomic mass is 9.86. The Morgan fingerprint density at radius 3 is 2.92 bits per heavy atom. The Hall–Kier alpha value is -1.40. The summed E-state index contributed by atoms with van der Waals surface area (Å²) in [6, 6.07) is 5.86. The summed E-state index contributed by atoms with van der Waals surface area (Å²) in [5.41, 5.74) is 2.05. The molecule has 0 bridgehead atoms. The molecule has 25 heavy (non-hydrogen) atoms. The predicted octanol–water partition coefficient (Wildman–Crippen LogP) is 5.84. The van der Waals surface area contributed by atoms with Gasteiger partial charge in [-0.25, -0.2) is 4.98 Å². The first-order valence-electron chi connectivity index (χ1n) is 8.06. The lowest BCUT2D eigenvalue weighted by Gasteiger charge is -2.20. The summed E-state index contributed by atoms with van der Waals surface area (Å²) >= 11 is 9.27. The third-order valence-electron chi connectivity index (χ3n) is 4.17. The molecule has 0 fully saturated rings. The van der Waals surface area contributed by atoms with Gasteiger partial charge >= 0.3 is 0 Å². The molecule has 1 aromatic carbocycles. The summed E-state index contributed by atoms with van der Waals surface area (Å²) in [6.45, 7) is 8.10. The van der Waals surface area contributed by atoms with Crippen molar-refractivity contribution in [1.29, 1.82) is 0 Å². The van der Waals surface area contributed by atoms with E-state index >= 15 is 0 Å². The maximum atomic E-state index is 10.4. The van der Waals surface area contributed by atoms with Crippen molar-refractivity contribution in [2.75, 3.05) is 5.32 Å². The molecule has 0 saturated carbocycles. The van der Waals surface area contributed by atoms with Crippen LogP contribution in [0.4, 0.5) is 5.13 Å². The Kier molecular flexibility index (Phi) is 5.49. The number of allylic oxidation sites excluding steroid dienone is 1. The number of fused-ring (bicyclic) bond motifs is 1. The Morgan fingerprint density at radius 1 is 1.36 bits per heavy atom. The average Bonchev–Trinajstić information content (AvgIpc) is 3.15. The van der Waals surface area contributed by atoms with Gasteiger partial charge in [0.2, 0.25) is 0 Å². The lowest BCUT2D eigenvalue weighted by Crippen LogP contribution is -2.22. The zero-order valence-corrected chi connectivity index (χ0v) is 16.6. The molecule has 0 amide bonds. The van der Waals surface area contributed by atoms with Gasteiger partial charge in [0.05, 0.1) is 5.69 Å². The van der Waals surface area contributed by atoms with Crippen LogP contribution in [0.5, 0.6) is 0 Å². The second kappa shape index (κ2) is 7.46. The molecule has 0 saturated heterocycles. The van der Waals surface area contributed by atoms with Crippen LogP contribution in [0.15, 0.2) is 41.6 Å². The molecule has 0 spiro atoms. The topological polar surface area (TPSA) is 45.1 Å². The van der Waals surface area contributed by atoms with E-state index in [0.717, 1.165) is 28.2 Å². The number of aliphatic hydroxyl groups excluding tert-OH is 1. The van der Waals surface area contributed by atoms with E-state index in [4.69, 9.17) is 11.6 Å². The highest BCUT2D eigenvalue weighted by molar-refractivity contribution is 7.17. The number of halogens is 1. The predicted molar refractivity (Wildman–Crippen MR) is 110 cm³/mol. The van der Waals surface area contributed by atoms with E-state index in [0.29, 0.717) is 11.4 Å². The molecule has 0 radical (unpaired) electrons. The normalized spacial score (nSPS) is 13.1. The van der Waals surface area contributed by atoms with E-state index in [-0.39, 0.29) is 5.41 Å². The minimum Gasteiger partial charge on any atom is -0.373 e. The van der Waals surface area contributed by atoms with Crippen LogP contribution < -0.4 is 5.32 Å². The van der Waals surface area contributed by atoms with E-state index in [1.165, 1.54) is 16.0 Å². The molecule has 132 valence electrons. The van der Waals surface area contributed by atoms with Crippen molar-refractivity contribution in [1.82, 2.24) is 4.98 Å². The smallest absolute Gasteiger partial charge is 0.184 e. The first-order valence-corrected chi connectivity index (χ1v) is 10.2. The van der Waals surface area contributed by atoms with Gasteiger partial charge in [-0.2, -0.15) is 0 Å². The van der Waals surface area contributed by atoms with E-state index in [1.54, 1.807) is 11.3 Å². The van der Waals surface area contributed by atoms with Crippen molar-refractivity contribution in [2.24, 2.45) is 0 Å². The van der Waals surface area contributed by atoms with E-state index in [1.807, 2.05) is 29.7 Å². The highest BCUT2D eigenvalue weighted by Crippen LogP contribution is 2.32. The Morgan fingerprint density at radius 2 is 2.16 bits per heavy atom. The van der Waals surface area contributed by atoms with Crippen LogP contribution >= 0.6 is 34.3 Å². The highest BCUT2D eigenvalue weighted by atomic mass is 35.5. The number of thiazole rings is 1. The van der Waals surface area contributed by atoms with Gasteiger partial charge in [-0.1, -0.05) is 31.5 Å². The maximum Gasteiger partial charge on any atom is 0.184 e. The van der Waals surface area contributed by atoms with Crippen molar-refractivity contribution < 1.29 is 5.11 Å². The zero-order valence-electron chi connectivity index (χ0n) is 14.3. The largest absolute Gasteiger partial charge is 0.373 e. The fourth-order valence-electron chi connectivity index (χ4n) is 2.73. The van der Waals surface area contributed by atoms with Crippen molar-refractivity contribution in [3.8, 4) is 0 Å². The number of nitrogens with zero attached hydrogens (tertiary/aromatic N) is 1. The Labute approximate surface area is 161 Å². The van der Waals surface area contributed by atoms with Gasteiger partial charge in [0.25, 0.3) is 0 Å². The van der Waals surface area contributed by atoms with Crippen LogP contribution in [0.1, 0.15) is 31.5 Å². The zero-order chi connectivity index (χ0) is 18.0. The monoisotopic (exact) mass is 392 g/mol. The number of rotatable bonds is 7. The van der Waals surface area contributed by atoms with Gasteiger partial charge in [-0.05, 0) is 40.9 Å². The second-order valence-corrected chi connectivity index (χ2v) is 8.89. The van der Waals surface area contributed by atoms with Crippen LogP contribution in [0.3, 0.4) is 0 Å². The third-order valence-corrected chi connectivity index (χ3v) is 6.19.